The first-order chi connectivity index (χ1) is 11.5. The van der Waals surface area contributed by atoms with Gasteiger partial charge in [0.15, 0.2) is 6.29 Å². The number of carbonyl (C=O) groups excluding carboxylic acids is 1. The van der Waals surface area contributed by atoms with Gasteiger partial charge in [-0.1, -0.05) is 32.6 Å². The van der Waals surface area contributed by atoms with E-state index in [0.29, 0.717) is 6.54 Å². The number of aliphatic hydroxyl groups excluding tert-OH is 4. The molecule has 0 aromatic rings. The van der Waals surface area contributed by atoms with Gasteiger partial charge in [-0.15, -0.1) is 0 Å². The standard InChI is InChI=1S/C16H31NO7/c1-2-3-4-5-6-8-17-12(18)7-9-23-10-11-13(19)14(20)15(21)16(22)24-11/h11,13-16,19-22H,2-10H2,1H3,(H,17,18)/t11-,13-,14+,15-,16+/m1/s1. The normalized spacial score (nSPS) is 30.3. The van der Waals surface area contributed by atoms with Gasteiger partial charge in [0.05, 0.1) is 13.2 Å². The van der Waals surface area contributed by atoms with Crippen LogP contribution in [-0.2, 0) is 14.3 Å². The molecular weight excluding hydrogens is 318 g/mol. The fourth-order valence-electron chi connectivity index (χ4n) is 2.48. The maximum Gasteiger partial charge on any atom is 0.222 e. The van der Waals surface area contributed by atoms with Crippen LogP contribution in [0.1, 0.15) is 45.4 Å². The summed E-state index contributed by atoms with van der Waals surface area (Å²) in [7, 11) is 0. The Labute approximate surface area is 142 Å². The average molecular weight is 349 g/mol. The van der Waals surface area contributed by atoms with Crippen molar-refractivity contribution in [2.45, 2.75) is 76.2 Å². The molecule has 0 aromatic carbocycles. The van der Waals surface area contributed by atoms with Gasteiger partial charge in [0, 0.05) is 13.0 Å². The van der Waals surface area contributed by atoms with Crippen LogP contribution in [0, 0.1) is 0 Å². The van der Waals surface area contributed by atoms with Crippen LogP contribution in [0.15, 0.2) is 0 Å². The third-order valence-corrected chi connectivity index (χ3v) is 4.05. The van der Waals surface area contributed by atoms with Crippen LogP contribution in [0.5, 0.6) is 0 Å². The molecule has 1 heterocycles. The Balaban J connectivity index is 2.07. The summed E-state index contributed by atoms with van der Waals surface area (Å²) in [5.41, 5.74) is 0. The van der Waals surface area contributed by atoms with Crippen LogP contribution in [0.3, 0.4) is 0 Å². The van der Waals surface area contributed by atoms with E-state index in [0.717, 1.165) is 12.8 Å². The number of carbonyl (C=O) groups is 1. The third-order valence-electron chi connectivity index (χ3n) is 4.05. The lowest BCUT2D eigenvalue weighted by molar-refractivity contribution is -0.288. The van der Waals surface area contributed by atoms with Crippen molar-refractivity contribution >= 4 is 5.91 Å². The molecule has 0 aliphatic carbocycles. The van der Waals surface area contributed by atoms with Crippen LogP contribution in [0.2, 0.25) is 0 Å². The van der Waals surface area contributed by atoms with Crippen LogP contribution < -0.4 is 5.32 Å². The zero-order valence-electron chi connectivity index (χ0n) is 14.3. The number of hydrogen-bond acceptors (Lipinski definition) is 7. The van der Waals surface area contributed by atoms with Crippen molar-refractivity contribution in [2.75, 3.05) is 19.8 Å². The minimum absolute atomic E-state index is 0.0910. The molecule has 1 aliphatic rings. The van der Waals surface area contributed by atoms with E-state index in [4.69, 9.17) is 9.47 Å². The maximum atomic E-state index is 11.6. The Morgan fingerprint density at radius 2 is 1.75 bits per heavy atom. The van der Waals surface area contributed by atoms with Crippen LogP contribution in [-0.4, -0.2) is 76.8 Å². The molecule has 0 unspecified atom stereocenters. The lowest BCUT2D eigenvalue weighted by Gasteiger charge is -2.38. The molecule has 0 aromatic heterocycles. The Morgan fingerprint density at radius 3 is 2.46 bits per heavy atom. The summed E-state index contributed by atoms with van der Waals surface area (Å²) in [6.07, 6.45) is -1.10. The molecule has 5 atom stereocenters. The number of amides is 1. The first-order valence-electron chi connectivity index (χ1n) is 8.69. The van der Waals surface area contributed by atoms with Crippen molar-refractivity contribution in [1.82, 2.24) is 5.32 Å². The number of rotatable bonds is 11. The highest BCUT2D eigenvalue weighted by Crippen LogP contribution is 2.20. The van der Waals surface area contributed by atoms with Crippen molar-refractivity contribution in [3.8, 4) is 0 Å². The lowest BCUT2D eigenvalue weighted by Crippen LogP contribution is -2.58. The van der Waals surface area contributed by atoms with E-state index >= 15 is 0 Å². The molecule has 1 aliphatic heterocycles. The second-order valence-electron chi connectivity index (χ2n) is 6.13. The number of unbranched alkanes of at least 4 members (excludes halogenated alkanes) is 4. The lowest BCUT2D eigenvalue weighted by atomic mass is 9.99. The number of hydrogen-bond donors (Lipinski definition) is 5. The minimum Gasteiger partial charge on any atom is -0.387 e. The summed E-state index contributed by atoms with van der Waals surface area (Å²) in [4.78, 5) is 11.6. The van der Waals surface area contributed by atoms with E-state index in [9.17, 15) is 25.2 Å². The number of aliphatic hydroxyl groups is 4. The van der Waals surface area contributed by atoms with Crippen molar-refractivity contribution in [1.29, 1.82) is 0 Å². The van der Waals surface area contributed by atoms with E-state index in [1.165, 1.54) is 19.3 Å². The first kappa shape index (κ1) is 21.3. The first-order valence-corrected chi connectivity index (χ1v) is 8.69. The van der Waals surface area contributed by atoms with E-state index in [1.54, 1.807) is 0 Å². The predicted molar refractivity (Wildman–Crippen MR) is 86.1 cm³/mol. The highest BCUT2D eigenvalue weighted by molar-refractivity contribution is 5.75. The molecule has 0 spiro atoms. The molecule has 1 rings (SSSR count). The van der Waals surface area contributed by atoms with Gasteiger partial charge >= 0.3 is 0 Å². The molecule has 142 valence electrons. The summed E-state index contributed by atoms with van der Waals surface area (Å²) < 4.78 is 10.2. The zero-order valence-corrected chi connectivity index (χ0v) is 14.3. The van der Waals surface area contributed by atoms with Gasteiger partial charge in [0.1, 0.15) is 24.4 Å². The SMILES string of the molecule is CCCCCCCNC(=O)CCOC[C@H]1O[C@H](O)[C@H](O)[C@@H](O)[C@@H]1O. The monoisotopic (exact) mass is 349 g/mol. The number of nitrogens with one attached hydrogen (secondary N) is 1. The summed E-state index contributed by atoms with van der Waals surface area (Å²) in [5, 5.41) is 40.8. The van der Waals surface area contributed by atoms with Gasteiger partial charge in [-0.05, 0) is 6.42 Å². The van der Waals surface area contributed by atoms with Crippen molar-refractivity contribution in [3.63, 3.8) is 0 Å². The summed E-state index contributed by atoms with van der Waals surface area (Å²) in [6.45, 7) is 2.86. The molecule has 1 amide bonds. The quantitative estimate of drug-likeness (QED) is 0.311. The molecule has 5 N–H and O–H groups in total. The van der Waals surface area contributed by atoms with E-state index in [-0.39, 0.29) is 25.5 Å². The van der Waals surface area contributed by atoms with Crippen LogP contribution >= 0.6 is 0 Å². The van der Waals surface area contributed by atoms with Gasteiger partial charge in [0.2, 0.25) is 5.91 Å². The number of ether oxygens (including phenoxy) is 2. The van der Waals surface area contributed by atoms with E-state index in [2.05, 4.69) is 12.2 Å². The summed E-state index contributed by atoms with van der Waals surface area (Å²) >= 11 is 0. The Hall–Kier alpha value is -0.770. The van der Waals surface area contributed by atoms with Crippen LogP contribution in [0.25, 0.3) is 0 Å². The van der Waals surface area contributed by atoms with Gasteiger partial charge in [-0.25, -0.2) is 0 Å². The highest BCUT2D eigenvalue weighted by Gasteiger charge is 2.42. The largest absolute Gasteiger partial charge is 0.387 e. The fraction of sp³-hybridized carbons (Fsp3) is 0.938. The van der Waals surface area contributed by atoms with Gasteiger partial charge < -0.3 is 35.2 Å². The van der Waals surface area contributed by atoms with Crippen molar-refractivity contribution in [3.05, 3.63) is 0 Å². The van der Waals surface area contributed by atoms with Crippen molar-refractivity contribution < 1.29 is 34.7 Å². The molecular formula is C16H31NO7. The molecule has 8 heteroatoms. The maximum absolute atomic E-state index is 11.6. The second-order valence-corrected chi connectivity index (χ2v) is 6.13. The minimum atomic E-state index is -1.58. The van der Waals surface area contributed by atoms with E-state index < -0.39 is 30.7 Å². The van der Waals surface area contributed by atoms with E-state index in [1.807, 2.05) is 0 Å². The second kappa shape index (κ2) is 11.7. The Morgan fingerprint density at radius 1 is 1.04 bits per heavy atom. The molecule has 24 heavy (non-hydrogen) atoms. The molecule has 0 radical (unpaired) electrons. The van der Waals surface area contributed by atoms with Gasteiger partial charge in [-0.2, -0.15) is 0 Å². The Kier molecular flexibility index (Phi) is 10.4. The zero-order chi connectivity index (χ0) is 17.9. The summed E-state index contributed by atoms with van der Waals surface area (Å²) in [5.74, 6) is -0.105. The summed E-state index contributed by atoms with van der Waals surface area (Å²) in [6, 6.07) is 0. The molecule has 0 saturated carbocycles. The molecule has 8 nitrogen and oxygen atoms in total. The van der Waals surface area contributed by atoms with Gasteiger partial charge in [-0.3, -0.25) is 4.79 Å². The van der Waals surface area contributed by atoms with Crippen molar-refractivity contribution in [2.24, 2.45) is 0 Å². The smallest absolute Gasteiger partial charge is 0.222 e. The third kappa shape index (κ3) is 7.42. The molecule has 0 bridgehead atoms. The average Bonchev–Trinajstić information content (AvgIpc) is 2.57. The van der Waals surface area contributed by atoms with Gasteiger partial charge in [0.25, 0.3) is 0 Å². The topological polar surface area (TPSA) is 128 Å². The molecule has 1 fully saturated rings. The predicted octanol–water partition coefficient (Wildman–Crippen LogP) is -0.720. The highest BCUT2D eigenvalue weighted by atomic mass is 16.6. The fourth-order valence-corrected chi connectivity index (χ4v) is 2.48. The Bertz CT molecular complexity index is 355. The molecule has 1 saturated heterocycles. The van der Waals surface area contributed by atoms with Crippen LogP contribution in [0.4, 0.5) is 0 Å².